The number of nitrogens with one attached hydrogen (secondary N) is 3. The molecule has 0 aliphatic heterocycles. The predicted molar refractivity (Wildman–Crippen MR) is 244 cm³/mol. The number of carboxylic acids is 3. The molecule has 6 rings (SSSR count). The molecule has 0 radical (unpaired) electrons. The number of thiophene rings is 1. The van der Waals surface area contributed by atoms with E-state index in [1.165, 1.54) is 101 Å². The molecule has 5 heterocycles. The summed E-state index contributed by atoms with van der Waals surface area (Å²) in [5.74, 6) is -3.52. The van der Waals surface area contributed by atoms with E-state index < -0.39 is 35.5 Å². The largest absolute Gasteiger partial charge is 2.00 e. The van der Waals surface area contributed by atoms with Crippen molar-refractivity contribution in [2.24, 2.45) is 0 Å². The molecule has 20 heteroatoms. The van der Waals surface area contributed by atoms with E-state index in [0.717, 1.165) is 42.5 Å². The Balaban J connectivity index is 0.000000424. The number of pyridine rings is 4. The molecule has 0 spiro atoms. The molecule has 1 aromatic carbocycles. The third kappa shape index (κ3) is 15.8. The number of aryl methyl sites for hydroxylation is 2. The Labute approximate surface area is 417 Å². The number of benzene rings is 1. The van der Waals surface area contributed by atoms with Crippen LogP contribution in [0.1, 0.15) is 99.6 Å². The number of carbonyl (C=O) groups is 3. The number of nitrogens with zero attached hydrogens (tertiary/aromatic N) is 4. The van der Waals surface area contributed by atoms with Crippen LogP contribution in [0.2, 0.25) is 0 Å². The van der Waals surface area contributed by atoms with Crippen molar-refractivity contribution >= 4 is 68.8 Å². The van der Waals surface area contributed by atoms with E-state index in [9.17, 15) is 32.7 Å². The summed E-state index contributed by atoms with van der Waals surface area (Å²) in [6.07, 6.45) is 8.83. The molecule has 66 heavy (non-hydrogen) atoms. The molecule has 0 aliphatic rings. The number of unbranched alkanes of at least 4 members (excludes halogenated alkanes) is 4. The van der Waals surface area contributed by atoms with E-state index in [1.807, 2.05) is 6.07 Å². The quantitative estimate of drug-likeness (QED) is 0.0236. The molecular formula is C46H43F3IN7O6RuS2. The maximum Gasteiger partial charge on any atom is 2.00 e. The number of aromatic nitrogens is 4. The van der Waals surface area contributed by atoms with E-state index in [-0.39, 0.29) is 88.6 Å². The first-order chi connectivity index (χ1) is 30.5. The SMILES string of the molecule is CCCCCCc1sc(-c2ccnc(/C([NH-])=C/C(=N)C(F)(F)F)c2)c2c(CCCC)cccc12.O=C(O)c1ccnc(-c2cc(C(=O)O)cc(-c3cc(C(=O)O)cc[nH+]3)n2)c1.[I-].[N-]=C=S.[Ru+2]. The Morgan fingerprint density at radius 2 is 1.47 bits per heavy atom. The van der Waals surface area contributed by atoms with Crippen LogP contribution >= 0.6 is 23.6 Å². The standard InChI is InChI=1S/C27H31F3N3S.C18H11N3O6.CNS.HI.Ru/c1-3-5-7-8-13-23-20-12-9-11-18(10-6-4-2)25(20)26(34-23)19-14-15-33-22(16-19)21(31)17-24(32)27(28,29)30;22-16(23)9-1-3-19-12(5-9)14-7-11(18(26)27)8-15(21-14)13-6-10(17(24)25)2-4-20-13;2-1-3;;/h9,11-12,14-17,31-32H,3-8,10,13H2,1-2H3;1-8H,(H,22,23)(H,24,25)(H,26,27);;1H;/q-1;;-1;;+2/b21-17-,32-24?;;;;. The number of allylic oxidation sites excluding steroid dienone is 1. The van der Waals surface area contributed by atoms with E-state index in [4.69, 9.17) is 26.8 Å². The van der Waals surface area contributed by atoms with Crippen molar-refractivity contribution in [2.45, 2.75) is 71.4 Å². The first-order valence-corrected chi connectivity index (χ1v) is 21.1. The number of alkyl halides is 3. The van der Waals surface area contributed by atoms with Crippen molar-refractivity contribution in [2.75, 3.05) is 0 Å². The van der Waals surface area contributed by atoms with Crippen molar-refractivity contribution in [3.63, 3.8) is 0 Å². The minimum Gasteiger partial charge on any atom is -1.00 e. The molecule has 6 N–H and O–H groups in total. The molecule has 13 nitrogen and oxygen atoms in total. The summed E-state index contributed by atoms with van der Waals surface area (Å²) in [5.41, 5.74) is 9.01. The minimum absolute atomic E-state index is 0. The number of aromatic carboxylic acids is 3. The molecule has 6 aromatic rings. The number of fused-ring (bicyclic) bond motifs is 1. The molecule has 0 unspecified atom stereocenters. The van der Waals surface area contributed by atoms with Gasteiger partial charge in [-0.1, -0.05) is 69.9 Å². The van der Waals surface area contributed by atoms with Gasteiger partial charge in [0.1, 0.15) is 11.4 Å². The van der Waals surface area contributed by atoms with Crippen molar-refractivity contribution in [3.05, 3.63) is 135 Å². The van der Waals surface area contributed by atoms with E-state index in [1.54, 1.807) is 17.4 Å². The summed E-state index contributed by atoms with van der Waals surface area (Å²) in [6, 6.07) is 17.8. The van der Waals surface area contributed by atoms with Gasteiger partial charge in [0.25, 0.3) is 0 Å². The van der Waals surface area contributed by atoms with Crippen LogP contribution < -0.4 is 29.0 Å². The Morgan fingerprint density at radius 1 is 0.848 bits per heavy atom. The fourth-order valence-corrected chi connectivity index (χ4v) is 7.76. The number of H-pyrrole nitrogens is 1. The van der Waals surface area contributed by atoms with Crippen LogP contribution in [0.3, 0.4) is 0 Å². The zero-order valence-electron chi connectivity index (χ0n) is 35.4. The minimum atomic E-state index is -4.78. The maximum atomic E-state index is 12.8. The predicted octanol–water partition coefficient (Wildman–Crippen LogP) is 8.78. The number of hydrogen-bond acceptors (Lipinski definition) is 9. The molecule has 0 aliphatic carbocycles. The summed E-state index contributed by atoms with van der Waals surface area (Å²) in [6.45, 7) is 4.37. The summed E-state index contributed by atoms with van der Waals surface area (Å²) in [7, 11) is 0. The maximum absolute atomic E-state index is 12.8. The number of isothiocyanates is 1. The zero-order chi connectivity index (χ0) is 47.0. The second-order valence-corrected chi connectivity index (χ2v) is 15.3. The average Bonchev–Trinajstić information content (AvgIpc) is 3.66. The van der Waals surface area contributed by atoms with Crippen molar-refractivity contribution in [3.8, 4) is 33.2 Å². The smallest absolute Gasteiger partial charge is 1.00 e. The Morgan fingerprint density at radius 3 is 2.11 bits per heavy atom. The van der Waals surface area contributed by atoms with Gasteiger partial charge in [-0.15, -0.1) is 17.0 Å². The van der Waals surface area contributed by atoms with Gasteiger partial charge < -0.3 is 50.4 Å². The Bertz CT molecular complexity index is 2650. The Hall–Kier alpha value is -5.66. The van der Waals surface area contributed by atoms with Gasteiger partial charge in [-0.25, -0.2) is 24.4 Å². The first kappa shape index (κ1) is 56.5. The van der Waals surface area contributed by atoms with E-state index >= 15 is 0 Å². The molecule has 346 valence electrons. The molecule has 0 amide bonds. The van der Waals surface area contributed by atoms with Gasteiger partial charge in [-0.2, -0.15) is 18.3 Å². The van der Waals surface area contributed by atoms with Gasteiger partial charge in [0.2, 0.25) is 5.69 Å². The number of hydrogen-bond donors (Lipinski definition) is 4. The molecular weight excluding hydrogens is 1100 g/mol. The second kappa shape index (κ2) is 27.1. The fourth-order valence-electron chi connectivity index (χ4n) is 6.40. The van der Waals surface area contributed by atoms with Crippen LogP contribution in [0, 0.1) is 5.41 Å². The van der Waals surface area contributed by atoms with Crippen molar-refractivity contribution in [1.82, 2.24) is 15.0 Å². The van der Waals surface area contributed by atoms with Gasteiger partial charge in [0, 0.05) is 45.4 Å². The summed E-state index contributed by atoms with van der Waals surface area (Å²) >= 11 is 5.44. The molecule has 0 saturated heterocycles. The Kier molecular flexibility index (Phi) is 23.2. The van der Waals surface area contributed by atoms with Crippen LogP contribution in [0.5, 0.6) is 0 Å². The number of carboxylic acid groups (broad SMARTS) is 3. The number of thiocarbonyl (C=S) groups is 1. The average molecular weight is 1140 g/mol. The third-order valence-electron chi connectivity index (χ3n) is 9.52. The third-order valence-corrected chi connectivity index (χ3v) is 10.8. The normalized spacial score (nSPS) is 10.8. The van der Waals surface area contributed by atoms with Crippen LogP contribution in [0.25, 0.3) is 60.8 Å². The zero-order valence-corrected chi connectivity index (χ0v) is 40.9. The van der Waals surface area contributed by atoms with Crippen molar-refractivity contribution in [1.29, 1.82) is 5.41 Å². The van der Waals surface area contributed by atoms with E-state index in [0.29, 0.717) is 6.08 Å². The second-order valence-electron chi connectivity index (χ2n) is 14.1. The fraction of sp³-hybridized carbons (Fsp3) is 0.239. The van der Waals surface area contributed by atoms with Crippen molar-refractivity contribution < 1.29 is 91.3 Å². The topological polar surface area (TPSA) is 235 Å². The van der Waals surface area contributed by atoms with Crippen LogP contribution in [-0.2, 0) is 32.3 Å². The molecule has 0 fully saturated rings. The summed E-state index contributed by atoms with van der Waals surface area (Å²) in [5, 5.41) is 45.7. The van der Waals surface area contributed by atoms with Gasteiger partial charge in [0.15, 0.2) is 6.20 Å². The van der Waals surface area contributed by atoms with Crippen LogP contribution in [0.15, 0.2) is 91.4 Å². The van der Waals surface area contributed by atoms with E-state index in [2.05, 4.69) is 64.2 Å². The molecule has 5 aromatic heterocycles. The number of halogens is 4. The first-order valence-electron chi connectivity index (χ1n) is 19.8. The van der Waals surface area contributed by atoms with Crippen LogP contribution in [0.4, 0.5) is 13.2 Å². The molecule has 0 saturated carbocycles. The van der Waals surface area contributed by atoms with Gasteiger partial charge in [-0.05, 0) is 84.7 Å². The summed E-state index contributed by atoms with van der Waals surface area (Å²) in [4.78, 5) is 51.5. The summed E-state index contributed by atoms with van der Waals surface area (Å²) < 4.78 is 38.3. The number of rotatable bonds is 16. The molecule has 0 bridgehead atoms. The van der Waals surface area contributed by atoms with Gasteiger partial charge >= 0.3 is 43.6 Å². The number of aromatic amines is 1. The monoisotopic (exact) mass is 1140 g/mol. The molecule has 0 atom stereocenters. The van der Waals surface area contributed by atoms with Crippen LogP contribution in [-0.4, -0.2) is 65.2 Å². The van der Waals surface area contributed by atoms with Gasteiger partial charge in [-0.3, -0.25) is 15.4 Å². The van der Waals surface area contributed by atoms with Gasteiger partial charge in [0.05, 0.1) is 28.1 Å².